The van der Waals surface area contributed by atoms with Crippen LogP contribution in [0.4, 0.5) is 0 Å². The number of fused-ring (bicyclic) bond motifs is 1. The first kappa shape index (κ1) is 16.5. The van der Waals surface area contributed by atoms with E-state index in [1.54, 1.807) is 0 Å². The fourth-order valence-electron chi connectivity index (χ4n) is 2.77. The molecule has 118 valence electrons. The summed E-state index contributed by atoms with van der Waals surface area (Å²) >= 11 is 0. The molecule has 1 aromatic rings. The van der Waals surface area contributed by atoms with Crippen LogP contribution in [0.1, 0.15) is 49.8 Å². The van der Waals surface area contributed by atoms with E-state index in [-0.39, 0.29) is 6.10 Å². The smallest absolute Gasteiger partial charge is 0.0828 e. The molecule has 0 heterocycles. The predicted molar refractivity (Wildman–Crippen MR) is 86.7 cm³/mol. The number of hydrogen-bond donors (Lipinski definition) is 1. The summed E-state index contributed by atoms with van der Waals surface area (Å²) in [6, 6.07) is 8.69. The second-order valence-corrected chi connectivity index (χ2v) is 5.67. The van der Waals surface area contributed by atoms with Crippen molar-refractivity contribution < 1.29 is 9.47 Å². The number of ether oxygens (including phenoxy) is 2. The highest BCUT2D eigenvalue weighted by Crippen LogP contribution is 2.31. The molecule has 0 aliphatic heterocycles. The largest absolute Gasteiger partial charge is 0.380 e. The molecule has 1 aliphatic rings. The minimum Gasteiger partial charge on any atom is -0.380 e. The maximum absolute atomic E-state index is 6.05. The van der Waals surface area contributed by atoms with Crippen molar-refractivity contribution >= 4 is 0 Å². The van der Waals surface area contributed by atoms with E-state index in [0.29, 0.717) is 0 Å². The van der Waals surface area contributed by atoms with Crippen molar-refractivity contribution in [2.45, 2.75) is 45.1 Å². The van der Waals surface area contributed by atoms with Gasteiger partial charge < -0.3 is 14.8 Å². The van der Waals surface area contributed by atoms with E-state index in [0.717, 1.165) is 45.8 Å². The summed E-state index contributed by atoms with van der Waals surface area (Å²) in [5.74, 6) is 0. The van der Waals surface area contributed by atoms with Crippen LogP contribution < -0.4 is 5.32 Å². The Hall–Kier alpha value is -0.900. The van der Waals surface area contributed by atoms with E-state index < -0.39 is 0 Å². The summed E-state index contributed by atoms with van der Waals surface area (Å²) in [6.45, 7) is 6.44. The van der Waals surface area contributed by atoms with Crippen molar-refractivity contribution in [2.24, 2.45) is 0 Å². The molecule has 21 heavy (non-hydrogen) atoms. The predicted octanol–water partition coefficient (Wildman–Crippen LogP) is 3.49. The van der Waals surface area contributed by atoms with Crippen LogP contribution in [-0.4, -0.2) is 32.9 Å². The highest BCUT2D eigenvalue weighted by atomic mass is 16.5. The molecule has 2 rings (SSSR count). The van der Waals surface area contributed by atoms with Crippen molar-refractivity contribution in [1.82, 2.24) is 5.32 Å². The van der Waals surface area contributed by atoms with Gasteiger partial charge in [-0.3, -0.25) is 0 Å². The standard InChI is InChI=1S/C18H29NO2/c1-2-3-13-20-14-11-19-12-15-21-18-10-6-8-16-7-4-5-9-17(16)18/h4-5,7,9,18-19H,2-3,6,8,10-15H2,1H3. The normalized spacial score (nSPS) is 17.7. The van der Waals surface area contributed by atoms with Crippen LogP contribution in [0.3, 0.4) is 0 Å². The average molecular weight is 291 g/mol. The lowest BCUT2D eigenvalue weighted by atomic mass is 9.89. The molecule has 0 spiro atoms. The Labute approximate surface area is 129 Å². The third-order valence-electron chi connectivity index (χ3n) is 3.98. The molecule has 0 amide bonds. The van der Waals surface area contributed by atoms with Crippen molar-refractivity contribution in [3.8, 4) is 0 Å². The van der Waals surface area contributed by atoms with E-state index in [1.807, 2.05) is 0 Å². The molecule has 1 aliphatic carbocycles. The lowest BCUT2D eigenvalue weighted by Crippen LogP contribution is -2.25. The maximum Gasteiger partial charge on any atom is 0.0828 e. The van der Waals surface area contributed by atoms with Gasteiger partial charge in [-0.25, -0.2) is 0 Å². The first-order valence-corrected chi connectivity index (χ1v) is 8.39. The van der Waals surface area contributed by atoms with Gasteiger partial charge in [0, 0.05) is 19.7 Å². The minimum absolute atomic E-state index is 0.289. The third-order valence-corrected chi connectivity index (χ3v) is 3.98. The second kappa shape index (κ2) is 9.93. The fourth-order valence-corrected chi connectivity index (χ4v) is 2.77. The van der Waals surface area contributed by atoms with E-state index in [9.17, 15) is 0 Å². The fraction of sp³-hybridized carbons (Fsp3) is 0.667. The Kier molecular flexibility index (Phi) is 7.79. The van der Waals surface area contributed by atoms with Gasteiger partial charge in [-0.05, 0) is 36.8 Å². The van der Waals surface area contributed by atoms with E-state index in [1.165, 1.54) is 30.4 Å². The van der Waals surface area contributed by atoms with Crippen LogP contribution >= 0.6 is 0 Å². The maximum atomic E-state index is 6.05. The SMILES string of the molecule is CCCCOCCNCCOC1CCCc2ccccc21. The Morgan fingerprint density at radius 3 is 2.90 bits per heavy atom. The molecule has 3 nitrogen and oxygen atoms in total. The van der Waals surface area contributed by atoms with Crippen LogP contribution in [0.25, 0.3) is 0 Å². The van der Waals surface area contributed by atoms with Crippen molar-refractivity contribution in [3.63, 3.8) is 0 Å². The monoisotopic (exact) mass is 291 g/mol. The van der Waals surface area contributed by atoms with Gasteiger partial charge in [0.2, 0.25) is 0 Å². The van der Waals surface area contributed by atoms with Gasteiger partial charge in [0.1, 0.15) is 0 Å². The number of rotatable bonds is 10. The first-order valence-electron chi connectivity index (χ1n) is 8.39. The quantitative estimate of drug-likeness (QED) is 0.669. The second-order valence-electron chi connectivity index (χ2n) is 5.67. The Morgan fingerprint density at radius 2 is 2.00 bits per heavy atom. The molecule has 0 aromatic heterocycles. The molecule has 0 fully saturated rings. The molecule has 3 heteroatoms. The van der Waals surface area contributed by atoms with E-state index in [4.69, 9.17) is 9.47 Å². The zero-order valence-electron chi connectivity index (χ0n) is 13.3. The van der Waals surface area contributed by atoms with Gasteiger partial charge in [-0.2, -0.15) is 0 Å². The molecule has 1 aromatic carbocycles. The number of aryl methyl sites for hydroxylation is 1. The van der Waals surface area contributed by atoms with E-state index >= 15 is 0 Å². The van der Waals surface area contributed by atoms with Crippen molar-refractivity contribution in [2.75, 3.05) is 32.9 Å². The first-order chi connectivity index (χ1) is 10.4. The Bertz CT molecular complexity index is 395. The van der Waals surface area contributed by atoms with Gasteiger partial charge in [-0.15, -0.1) is 0 Å². The summed E-state index contributed by atoms with van der Waals surface area (Å²) in [5.41, 5.74) is 2.86. The number of nitrogens with one attached hydrogen (secondary N) is 1. The molecular weight excluding hydrogens is 262 g/mol. The van der Waals surface area contributed by atoms with Crippen LogP contribution in [-0.2, 0) is 15.9 Å². The average Bonchev–Trinajstić information content (AvgIpc) is 2.53. The van der Waals surface area contributed by atoms with Gasteiger partial charge in [-0.1, -0.05) is 37.6 Å². The van der Waals surface area contributed by atoms with Gasteiger partial charge in [0.25, 0.3) is 0 Å². The number of hydrogen-bond acceptors (Lipinski definition) is 3. The molecule has 0 saturated carbocycles. The lowest BCUT2D eigenvalue weighted by Gasteiger charge is -2.25. The molecule has 1 atom stereocenters. The topological polar surface area (TPSA) is 30.5 Å². The molecule has 0 radical (unpaired) electrons. The molecule has 1 N–H and O–H groups in total. The molecule has 0 saturated heterocycles. The number of benzene rings is 1. The van der Waals surface area contributed by atoms with E-state index in [2.05, 4.69) is 36.5 Å². The summed E-state index contributed by atoms with van der Waals surface area (Å²) in [4.78, 5) is 0. The zero-order chi connectivity index (χ0) is 14.8. The van der Waals surface area contributed by atoms with Gasteiger partial charge in [0.05, 0.1) is 19.3 Å². The molecule has 0 bridgehead atoms. The summed E-state index contributed by atoms with van der Waals surface area (Å²) in [7, 11) is 0. The van der Waals surface area contributed by atoms with Crippen LogP contribution in [0.2, 0.25) is 0 Å². The molecular formula is C18H29NO2. The van der Waals surface area contributed by atoms with Crippen LogP contribution in [0.15, 0.2) is 24.3 Å². The van der Waals surface area contributed by atoms with Crippen molar-refractivity contribution in [3.05, 3.63) is 35.4 Å². The van der Waals surface area contributed by atoms with Crippen molar-refractivity contribution in [1.29, 1.82) is 0 Å². The Morgan fingerprint density at radius 1 is 1.14 bits per heavy atom. The third kappa shape index (κ3) is 5.77. The summed E-state index contributed by atoms with van der Waals surface area (Å²) < 4.78 is 11.6. The highest BCUT2D eigenvalue weighted by Gasteiger charge is 2.19. The summed E-state index contributed by atoms with van der Waals surface area (Å²) in [5, 5.41) is 3.38. The summed E-state index contributed by atoms with van der Waals surface area (Å²) in [6.07, 6.45) is 6.23. The number of unbranched alkanes of at least 4 members (excludes halogenated alkanes) is 1. The van der Waals surface area contributed by atoms with Gasteiger partial charge in [0.15, 0.2) is 0 Å². The minimum atomic E-state index is 0.289. The van der Waals surface area contributed by atoms with Crippen LogP contribution in [0.5, 0.6) is 0 Å². The zero-order valence-corrected chi connectivity index (χ0v) is 13.3. The lowest BCUT2D eigenvalue weighted by molar-refractivity contribution is 0.0415. The highest BCUT2D eigenvalue weighted by molar-refractivity contribution is 5.31. The van der Waals surface area contributed by atoms with Crippen LogP contribution in [0, 0.1) is 0 Å². The Balaban J connectivity index is 1.56. The van der Waals surface area contributed by atoms with Gasteiger partial charge >= 0.3 is 0 Å². The molecule has 1 unspecified atom stereocenters.